The molecule has 0 heterocycles. The fraction of sp³-hybridized carbons (Fsp3) is 0.846. The van der Waals surface area contributed by atoms with Crippen molar-refractivity contribution in [3.05, 3.63) is 0 Å². The predicted octanol–water partition coefficient (Wildman–Crippen LogP) is 2.82. The number of nitrogens with zero attached hydrogens (tertiary/aromatic N) is 1. The molecule has 5 nitrogen and oxygen atoms in total. The minimum absolute atomic E-state index is 0.115. The van der Waals surface area contributed by atoms with Crippen LogP contribution in [-0.2, 0) is 15.7 Å². The Hall–Kier alpha value is -0.910. The zero-order chi connectivity index (χ0) is 15.3. The molecule has 0 aliphatic rings. The smallest absolute Gasteiger partial charge is 0.407 e. The number of hydrogen-bond donors (Lipinski definition) is 1. The zero-order valence-corrected chi connectivity index (χ0v) is 13.8. The molecule has 6 heteroatoms. The molecule has 0 aliphatic heterocycles. The number of alkyl carbamates (subject to hydrolysis) is 1. The Kier molecular flexibility index (Phi) is 6.69. The van der Waals surface area contributed by atoms with Gasteiger partial charge in [-0.15, -0.1) is 0 Å². The molecule has 1 unspecified atom stereocenters. The predicted molar refractivity (Wildman–Crippen MR) is 79.8 cm³/mol. The molecule has 0 aromatic rings. The van der Waals surface area contributed by atoms with Crippen molar-refractivity contribution in [2.75, 3.05) is 0 Å². The van der Waals surface area contributed by atoms with Crippen LogP contribution in [0, 0.1) is 0 Å². The molecule has 19 heavy (non-hydrogen) atoms. The van der Waals surface area contributed by atoms with E-state index in [2.05, 4.69) is 9.71 Å². The summed E-state index contributed by atoms with van der Waals surface area (Å²) < 4.78 is 20.4. The Bertz CT molecular complexity index is 354. The van der Waals surface area contributed by atoms with E-state index in [-0.39, 0.29) is 10.8 Å². The number of carbonyl (C=O) groups is 1. The summed E-state index contributed by atoms with van der Waals surface area (Å²) >= 11 is 0. The molecule has 0 spiro atoms. The van der Waals surface area contributed by atoms with Crippen LogP contribution in [0.15, 0.2) is 4.40 Å². The number of amides is 1. The fourth-order valence-electron chi connectivity index (χ4n) is 0.995. The Morgan fingerprint density at radius 2 is 1.84 bits per heavy atom. The number of hydrogen-bond acceptors (Lipinski definition) is 3. The minimum Gasteiger partial charge on any atom is -0.444 e. The van der Waals surface area contributed by atoms with Crippen LogP contribution in [0.3, 0.4) is 0 Å². The second-order valence-electron chi connectivity index (χ2n) is 6.43. The van der Waals surface area contributed by atoms with Gasteiger partial charge in [0.25, 0.3) is 0 Å². The van der Waals surface area contributed by atoms with Gasteiger partial charge in [-0.25, -0.2) is 9.00 Å². The molecular weight excluding hydrogens is 264 g/mol. The first-order chi connectivity index (χ1) is 8.42. The standard InChI is InChI=1S/C13H26N2O3S/c1-10(15-11(16)18-12(2,3)4)8-9-14-19(17)13(5,6)7/h9-10H,8H2,1-7H3,(H,15,16)/b14-9+/t10-,19?/m1/s1. The third-order valence-electron chi connectivity index (χ3n) is 1.92. The monoisotopic (exact) mass is 290 g/mol. The molecule has 1 amide bonds. The van der Waals surface area contributed by atoms with E-state index in [1.807, 2.05) is 48.5 Å². The first kappa shape index (κ1) is 18.1. The van der Waals surface area contributed by atoms with Gasteiger partial charge < -0.3 is 10.1 Å². The van der Waals surface area contributed by atoms with Crippen molar-refractivity contribution in [1.29, 1.82) is 0 Å². The van der Waals surface area contributed by atoms with Gasteiger partial charge in [0.2, 0.25) is 0 Å². The average molecular weight is 290 g/mol. The van der Waals surface area contributed by atoms with Gasteiger partial charge in [-0.1, -0.05) is 0 Å². The molecule has 0 aromatic heterocycles. The lowest BCUT2D eigenvalue weighted by Crippen LogP contribution is -2.37. The van der Waals surface area contributed by atoms with Gasteiger partial charge in [0, 0.05) is 18.7 Å². The van der Waals surface area contributed by atoms with Crippen molar-refractivity contribution >= 4 is 23.3 Å². The lowest BCUT2D eigenvalue weighted by molar-refractivity contribution is 0.0510. The molecular formula is C13H26N2O3S. The highest BCUT2D eigenvalue weighted by molar-refractivity contribution is 7.85. The zero-order valence-electron chi connectivity index (χ0n) is 12.9. The number of ether oxygens (including phenoxy) is 1. The summed E-state index contributed by atoms with van der Waals surface area (Å²) in [6.07, 6.45) is 1.65. The summed E-state index contributed by atoms with van der Waals surface area (Å²) in [7, 11) is -1.26. The maximum absolute atomic E-state index is 11.7. The van der Waals surface area contributed by atoms with Gasteiger partial charge in [0.05, 0.1) is 4.75 Å². The minimum atomic E-state index is -1.26. The fourth-order valence-corrected chi connectivity index (χ4v) is 1.53. The molecule has 0 fully saturated rings. The summed E-state index contributed by atoms with van der Waals surface area (Å²) in [4.78, 5) is 11.5. The second kappa shape index (κ2) is 7.03. The van der Waals surface area contributed by atoms with Gasteiger partial charge in [0.1, 0.15) is 16.6 Å². The van der Waals surface area contributed by atoms with E-state index in [0.29, 0.717) is 6.42 Å². The van der Waals surface area contributed by atoms with Gasteiger partial charge >= 0.3 is 6.09 Å². The van der Waals surface area contributed by atoms with Crippen LogP contribution < -0.4 is 5.32 Å². The Balaban J connectivity index is 4.13. The molecule has 0 aliphatic carbocycles. The quantitative estimate of drug-likeness (QED) is 0.809. The summed E-state index contributed by atoms with van der Waals surface area (Å²) in [5, 5.41) is 2.70. The third kappa shape index (κ3) is 9.64. The highest BCUT2D eigenvalue weighted by Gasteiger charge is 2.19. The molecule has 0 radical (unpaired) electrons. The van der Waals surface area contributed by atoms with Crippen LogP contribution in [0.2, 0.25) is 0 Å². The second-order valence-corrected chi connectivity index (χ2v) is 8.37. The van der Waals surface area contributed by atoms with Crippen molar-refractivity contribution in [3.8, 4) is 0 Å². The summed E-state index contributed by atoms with van der Waals surface area (Å²) in [5.41, 5.74) is -0.508. The number of nitrogens with one attached hydrogen (secondary N) is 1. The normalized spacial score (nSPS) is 16.2. The molecule has 0 saturated carbocycles. The molecule has 1 N–H and O–H groups in total. The topological polar surface area (TPSA) is 67.8 Å². The molecule has 0 saturated heterocycles. The summed E-state index contributed by atoms with van der Waals surface area (Å²) in [6, 6.07) is -0.115. The van der Waals surface area contributed by atoms with Crippen molar-refractivity contribution in [2.45, 2.75) is 71.3 Å². The first-order valence-corrected chi connectivity index (χ1v) is 7.46. The summed E-state index contributed by atoms with van der Waals surface area (Å²) in [5.74, 6) is 0. The lowest BCUT2D eigenvalue weighted by atomic mass is 10.2. The van der Waals surface area contributed by atoms with Crippen molar-refractivity contribution in [1.82, 2.24) is 5.32 Å². The van der Waals surface area contributed by atoms with Crippen LogP contribution in [0.25, 0.3) is 0 Å². The van der Waals surface area contributed by atoms with Gasteiger partial charge in [0.15, 0.2) is 0 Å². The largest absolute Gasteiger partial charge is 0.444 e. The molecule has 0 bridgehead atoms. The third-order valence-corrected chi connectivity index (χ3v) is 3.30. The van der Waals surface area contributed by atoms with Gasteiger partial charge in [-0.2, -0.15) is 4.40 Å². The maximum atomic E-state index is 11.7. The van der Waals surface area contributed by atoms with Crippen LogP contribution >= 0.6 is 0 Å². The summed E-state index contributed by atoms with van der Waals surface area (Å²) in [6.45, 7) is 12.9. The highest BCUT2D eigenvalue weighted by Crippen LogP contribution is 2.11. The van der Waals surface area contributed by atoms with E-state index >= 15 is 0 Å². The van der Waals surface area contributed by atoms with Crippen LogP contribution in [0.1, 0.15) is 54.9 Å². The number of rotatable bonds is 4. The van der Waals surface area contributed by atoms with Crippen LogP contribution in [0.4, 0.5) is 4.79 Å². The average Bonchev–Trinajstić information content (AvgIpc) is 2.12. The molecule has 2 atom stereocenters. The SMILES string of the molecule is C[C@H](C/C=N/S(=O)C(C)(C)C)NC(=O)OC(C)(C)C. The van der Waals surface area contributed by atoms with E-state index in [9.17, 15) is 9.00 Å². The molecule has 0 aromatic carbocycles. The maximum Gasteiger partial charge on any atom is 0.407 e. The van der Waals surface area contributed by atoms with Crippen molar-refractivity contribution in [2.24, 2.45) is 4.40 Å². The van der Waals surface area contributed by atoms with Crippen LogP contribution in [0.5, 0.6) is 0 Å². The Morgan fingerprint density at radius 1 is 1.32 bits per heavy atom. The van der Waals surface area contributed by atoms with E-state index in [1.54, 1.807) is 6.21 Å². The lowest BCUT2D eigenvalue weighted by Gasteiger charge is -2.21. The first-order valence-electron chi connectivity index (χ1n) is 6.36. The van der Waals surface area contributed by atoms with Gasteiger partial charge in [-0.3, -0.25) is 0 Å². The number of carbonyl (C=O) groups excluding carboxylic acids is 1. The van der Waals surface area contributed by atoms with E-state index in [0.717, 1.165) is 0 Å². The van der Waals surface area contributed by atoms with Gasteiger partial charge in [-0.05, 0) is 48.5 Å². The van der Waals surface area contributed by atoms with E-state index in [1.165, 1.54) is 0 Å². The van der Waals surface area contributed by atoms with Crippen molar-refractivity contribution < 1.29 is 13.7 Å². The van der Waals surface area contributed by atoms with Crippen LogP contribution in [-0.4, -0.2) is 32.9 Å². The van der Waals surface area contributed by atoms with E-state index < -0.39 is 22.7 Å². The highest BCUT2D eigenvalue weighted by atomic mass is 32.2. The Morgan fingerprint density at radius 3 is 2.26 bits per heavy atom. The molecule has 0 rings (SSSR count). The molecule has 112 valence electrons. The Labute approximate surface area is 118 Å². The van der Waals surface area contributed by atoms with Crippen molar-refractivity contribution in [3.63, 3.8) is 0 Å². The van der Waals surface area contributed by atoms with E-state index in [4.69, 9.17) is 4.74 Å².